The molecule has 5 heteroatoms. The fourth-order valence-electron chi connectivity index (χ4n) is 2.29. The van der Waals surface area contributed by atoms with E-state index in [0.29, 0.717) is 12.1 Å². The number of carbonyl (C=O) groups is 2. The molecule has 1 aliphatic rings. The Bertz CT molecular complexity index is 505. The van der Waals surface area contributed by atoms with Crippen LogP contribution in [0.15, 0.2) is 28.8 Å². The minimum atomic E-state index is -0.308. The molecule has 1 atom stereocenters. The van der Waals surface area contributed by atoms with E-state index < -0.39 is 0 Å². The molecule has 0 saturated heterocycles. The summed E-state index contributed by atoms with van der Waals surface area (Å²) >= 11 is 1.54. The van der Waals surface area contributed by atoms with Crippen LogP contribution in [0, 0.1) is 0 Å². The van der Waals surface area contributed by atoms with Crippen molar-refractivity contribution in [2.45, 2.75) is 26.8 Å². The van der Waals surface area contributed by atoms with Crippen LogP contribution < -0.4 is 5.32 Å². The number of ketones is 1. The number of urea groups is 1. The molecule has 1 aromatic heterocycles. The van der Waals surface area contributed by atoms with Crippen molar-refractivity contribution in [2.24, 2.45) is 0 Å². The molecule has 2 amide bonds. The third kappa shape index (κ3) is 2.06. The van der Waals surface area contributed by atoms with Gasteiger partial charge in [-0.05, 0) is 32.2 Å². The average Bonchev–Trinajstić information content (AvgIpc) is 2.81. The predicted molar refractivity (Wildman–Crippen MR) is 71.4 cm³/mol. The molecule has 0 saturated carbocycles. The van der Waals surface area contributed by atoms with Crippen LogP contribution in [-0.4, -0.2) is 23.3 Å². The van der Waals surface area contributed by atoms with Gasteiger partial charge in [-0.15, -0.1) is 11.3 Å². The van der Waals surface area contributed by atoms with Gasteiger partial charge in [0, 0.05) is 22.7 Å². The highest BCUT2D eigenvalue weighted by molar-refractivity contribution is 7.10. The lowest BCUT2D eigenvalue weighted by atomic mass is 9.97. The van der Waals surface area contributed by atoms with Crippen LogP contribution in [0.5, 0.6) is 0 Å². The van der Waals surface area contributed by atoms with Gasteiger partial charge in [-0.3, -0.25) is 9.69 Å². The molecule has 0 aromatic carbocycles. The van der Waals surface area contributed by atoms with Gasteiger partial charge in [0.25, 0.3) is 0 Å². The maximum atomic E-state index is 12.0. The topological polar surface area (TPSA) is 49.4 Å². The van der Waals surface area contributed by atoms with Gasteiger partial charge in [0.2, 0.25) is 0 Å². The number of hydrogen-bond acceptors (Lipinski definition) is 3. The first-order valence-electron chi connectivity index (χ1n) is 5.89. The third-order valence-electron chi connectivity index (χ3n) is 3.12. The first-order chi connectivity index (χ1) is 8.56. The summed E-state index contributed by atoms with van der Waals surface area (Å²) in [5.74, 6) is 0.00403. The van der Waals surface area contributed by atoms with E-state index in [9.17, 15) is 9.59 Å². The van der Waals surface area contributed by atoms with Crippen LogP contribution >= 0.6 is 11.3 Å². The van der Waals surface area contributed by atoms with Crippen molar-refractivity contribution < 1.29 is 9.59 Å². The number of nitrogens with one attached hydrogen (secondary N) is 1. The van der Waals surface area contributed by atoms with Crippen molar-refractivity contribution in [3.8, 4) is 0 Å². The standard InChI is InChI=1S/C13H16N2O2S/c1-4-15-8(2)11(9(3)16)12(14-13(15)17)10-6-5-7-18-10/h5-7,12H,4H2,1-3H3,(H,14,17). The van der Waals surface area contributed by atoms with Gasteiger partial charge in [-0.2, -0.15) is 0 Å². The molecule has 0 radical (unpaired) electrons. The molecular formula is C13H16N2O2S. The van der Waals surface area contributed by atoms with Gasteiger partial charge in [-0.1, -0.05) is 6.07 Å². The first-order valence-corrected chi connectivity index (χ1v) is 6.77. The van der Waals surface area contributed by atoms with Crippen LogP contribution in [0.25, 0.3) is 0 Å². The molecule has 0 bridgehead atoms. The Morgan fingerprint density at radius 1 is 1.56 bits per heavy atom. The number of allylic oxidation sites excluding steroid dienone is 1. The van der Waals surface area contributed by atoms with Gasteiger partial charge in [0.1, 0.15) is 0 Å². The molecule has 0 fully saturated rings. The minimum absolute atomic E-state index is 0.00403. The van der Waals surface area contributed by atoms with E-state index in [1.54, 1.807) is 23.2 Å². The van der Waals surface area contributed by atoms with Crippen molar-refractivity contribution in [3.63, 3.8) is 0 Å². The Morgan fingerprint density at radius 2 is 2.28 bits per heavy atom. The quantitative estimate of drug-likeness (QED) is 0.912. The highest BCUT2D eigenvalue weighted by atomic mass is 32.1. The van der Waals surface area contributed by atoms with E-state index in [1.165, 1.54) is 0 Å². The van der Waals surface area contributed by atoms with E-state index in [-0.39, 0.29) is 17.9 Å². The van der Waals surface area contributed by atoms with Gasteiger partial charge >= 0.3 is 6.03 Å². The minimum Gasteiger partial charge on any atom is -0.326 e. The molecule has 96 valence electrons. The predicted octanol–water partition coefficient (Wildman–Crippen LogP) is 2.70. The number of carbonyl (C=O) groups excluding carboxylic acids is 2. The normalized spacial score (nSPS) is 20.1. The van der Waals surface area contributed by atoms with E-state index in [0.717, 1.165) is 10.6 Å². The molecule has 1 aromatic rings. The van der Waals surface area contributed by atoms with Crippen molar-refractivity contribution in [2.75, 3.05) is 6.54 Å². The fraction of sp³-hybridized carbons (Fsp3) is 0.385. The van der Waals surface area contributed by atoms with E-state index >= 15 is 0 Å². The van der Waals surface area contributed by atoms with Crippen LogP contribution in [0.3, 0.4) is 0 Å². The molecular weight excluding hydrogens is 248 g/mol. The molecule has 2 heterocycles. The summed E-state index contributed by atoms with van der Waals surface area (Å²) in [4.78, 5) is 26.4. The summed E-state index contributed by atoms with van der Waals surface area (Å²) in [5.41, 5.74) is 1.44. The van der Waals surface area contributed by atoms with E-state index in [1.807, 2.05) is 31.4 Å². The number of thiophene rings is 1. The van der Waals surface area contributed by atoms with Crippen LogP contribution in [0.4, 0.5) is 4.79 Å². The van der Waals surface area contributed by atoms with Gasteiger partial charge < -0.3 is 5.32 Å². The zero-order chi connectivity index (χ0) is 13.3. The van der Waals surface area contributed by atoms with E-state index in [2.05, 4.69) is 5.32 Å². The smallest absolute Gasteiger partial charge is 0.322 e. The van der Waals surface area contributed by atoms with Gasteiger partial charge in [0.05, 0.1) is 6.04 Å². The number of Topliss-reactive ketones (excluding diaryl/α,β-unsaturated/α-hetero) is 1. The Kier molecular flexibility index (Phi) is 3.52. The number of amides is 2. The van der Waals surface area contributed by atoms with Crippen molar-refractivity contribution in [1.29, 1.82) is 0 Å². The lowest BCUT2D eigenvalue weighted by Gasteiger charge is -2.34. The van der Waals surface area contributed by atoms with Gasteiger partial charge in [0.15, 0.2) is 5.78 Å². The molecule has 4 nitrogen and oxygen atoms in total. The molecule has 1 aliphatic heterocycles. The lowest BCUT2D eigenvalue weighted by Crippen LogP contribution is -2.47. The second-order valence-electron chi connectivity index (χ2n) is 4.20. The molecule has 18 heavy (non-hydrogen) atoms. The Hall–Kier alpha value is -1.62. The zero-order valence-corrected chi connectivity index (χ0v) is 11.5. The maximum absolute atomic E-state index is 12.0. The summed E-state index contributed by atoms with van der Waals surface area (Å²) in [6.07, 6.45) is 0. The lowest BCUT2D eigenvalue weighted by molar-refractivity contribution is -0.114. The first kappa shape index (κ1) is 12.8. The molecule has 1 N–H and O–H groups in total. The highest BCUT2D eigenvalue weighted by Gasteiger charge is 2.33. The summed E-state index contributed by atoms with van der Waals surface area (Å²) in [5, 5.41) is 4.85. The second kappa shape index (κ2) is 4.94. The summed E-state index contributed by atoms with van der Waals surface area (Å²) in [6, 6.07) is 3.41. The van der Waals surface area contributed by atoms with Crippen molar-refractivity contribution in [3.05, 3.63) is 33.7 Å². The van der Waals surface area contributed by atoms with Crippen LogP contribution in [0.2, 0.25) is 0 Å². The van der Waals surface area contributed by atoms with E-state index in [4.69, 9.17) is 0 Å². The molecule has 0 aliphatic carbocycles. The highest BCUT2D eigenvalue weighted by Crippen LogP contribution is 2.32. The third-order valence-corrected chi connectivity index (χ3v) is 4.06. The van der Waals surface area contributed by atoms with Crippen LogP contribution in [-0.2, 0) is 4.79 Å². The maximum Gasteiger partial charge on any atom is 0.322 e. The van der Waals surface area contributed by atoms with Crippen molar-refractivity contribution >= 4 is 23.2 Å². The summed E-state index contributed by atoms with van der Waals surface area (Å²) in [6.45, 7) is 5.84. The summed E-state index contributed by atoms with van der Waals surface area (Å²) in [7, 11) is 0. The Labute approximate surface area is 110 Å². The Balaban J connectivity index is 2.51. The average molecular weight is 264 g/mol. The molecule has 0 spiro atoms. The monoisotopic (exact) mass is 264 g/mol. The van der Waals surface area contributed by atoms with Crippen LogP contribution in [0.1, 0.15) is 31.7 Å². The summed E-state index contributed by atoms with van der Waals surface area (Å²) < 4.78 is 0. The second-order valence-corrected chi connectivity index (χ2v) is 5.18. The number of nitrogens with zero attached hydrogens (tertiary/aromatic N) is 1. The van der Waals surface area contributed by atoms with Gasteiger partial charge in [-0.25, -0.2) is 4.79 Å². The number of hydrogen-bond donors (Lipinski definition) is 1. The largest absolute Gasteiger partial charge is 0.326 e. The molecule has 1 unspecified atom stereocenters. The molecule has 2 rings (SSSR count). The number of rotatable bonds is 3. The fourth-order valence-corrected chi connectivity index (χ4v) is 3.07. The SMILES string of the molecule is CCN1C(=O)NC(c2cccs2)C(C(C)=O)=C1C. The zero-order valence-electron chi connectivity index (χ0n) is 10.7. The Morgan fingerprint density at radius 3 is 2.78 bits per heavy atom. The van der Waals surface area contributed by atoms with Crippen molar-refractivity contribution in [1.82, 2.24) is 10.2 Å².